The van der Waals surface area contributed by atoms with Crippen LogP contribution in [0.2, 0.25) is 0 Å². The standard InChI is InChI=1S/C47H46N6O13S3/c54-51(55)41-18-24-44(25-19-41)67(60,61)48-30-10-32-49(68(62,63)45-26-20-42(21-27-45)52(56)57)34-37(35-50(33-11-31-48)69(64,65)46-28-22-43(23-29-46)53(58)59)36-66-47(38-12-4-1-5-13-38,39-14-6-2-7-15-39)40-16-8-3-9-17-40/h1-9,12-29,37H,10-11,30-36H2. The minimum atomic E-state index is -4.58. The first-order valence-electron chi connectivity index (χ1n) is 21.5. The van der Waals surface area contributed by atoms with E-state index < -0.39 is 69.4 Å². The third-order valence-electron chi connectivity index (χ3n) is 11.7. The summed E-state index contributed by atoms with van der Waals surface area (Å²) in [5.74, 6) is -0.986. The maximum atomic E-state index is 14.8. The number of nitrogens with zero attached hydrogens (tertiary/aromatic N) is 6. The van der Waals surface area contributed by atoms with Gasteiger partial charge in [0.05, 0.1) is 36.1 Å². The van der Waals surface area contributed by atoms with E-state index in [0.717, 1.165) is 85.7 Å². The highest BCUT2D eigenvalue weighted by Crippen LogP contribution is 2.41. The Morgan fingerprint density at radius 1 is 0.435 bits per heavy atom. The van der Waals surface area contributed by atoms with Gasteiger partial charge in [-0.3, -0.25) is 30.3 Å². The minimum Gasteiger partial charge on any atom is -0.360 e. The van der Waals surface area contributed by atoms with Gasteiger partial charge < -0.3 is 4.74 Å². The van der Waals surface area contributed by atoms with E-state index in [1.807, 2.05) is 91.0 Å². The van der Waals surface area contributed by atoms with E-state index in [9.17, 15) is 55.6 Å². The number of hydrogen-bond donors (Lipinski definition) is 0. The molecule has 0 spiro atoms. The zero-order chi connectivity index (χ0) is 49.4. The monoisotopic (exact) mass is 998 g/mol. The molecule has 0 N–H and O–H groups in total. The van der Waals surface area contributed by atoms with Gasteiger partial charge in [-0.25, -0.2) is 25.3 Å². The summed E-state index contributed by atoms with van der Waals surface area (Å²) in [4.78, 5) is 31.5. The van der Waals surface area contributed by atoms with Crippen molar-refractivity contribution < 1.29 is 44.8 Å². The van der Waals surface area contributed by atoms with Gasteiger partial charge >= 0.3 is 0 Å². The lowest BCUT2D eigenvalue weighted by molar-refractivity contribution is -0.385. The van der Waals surface area contributed by atoms with Crippen molar-refractivity contribution in [2.45, 2.75) is 33.1 Å². The average molecular weight is 999 g/mol. The molecule has 69 heavy (non-hydrogen) atoms. The van der Waals surface area contributed by atoms with Crippen LogP contribution in [0.15, 0.2) is 178 Å². The molecule has 22 heteroatoms. The van der Waals surface area contributed by atoms with E-state index in [1.54, 1.807) is 0 Å². The third-order valence-corrected chi connectivity index (χ3v) is 17.4. The van der Waals surface area contributed by atoms with Crippen molar-refractivity contribution >= 4 is 47.1 Å². The Kier molecular flexibility index (Phi) is 15.4. The topological polar surface area (TPSA) is 251 Å². The molecule has 1 saturated heterocycles. The number of nitro groups is 3. The van der Waals surface area contributed by atoms with E-state index in [0.29, 0.717) is 16.7 Å². The van der Waals surface area contributed by atoms with Gasteiger partial charge in [-0.15, -0.1) is 0 Å². The Bertz CT molecular complexity index is 2900. The number of ether oxygens (including phenoxy) is 1. The Balaban J connectivity index is 1.36. The van der Waals surface area contributed by atoms with Gasteiger partial charge in [-0.2, -0.15) is 12.9 Å². The molecule has 0 bridgehead atoms. The fourth-order valence-electron chi connectivity index (χ4n) is 8.24. The van der Waals surface area contributed by atoms with Gasteiger partial charge in [0.25, 0.3) is 17.1 Å². The summed E-state index contributed by atoms with van der Waals surface area (Å²) in [6.07, 6.45) is -0.169. The molecule has 0 amide bonds. The second-order valence-corrected chi connectivity index (χ2v) is 21.9. The third kappa shape index (κ3) is 11.1. The predicted molar refractivity (Wildman–Crippen MR) is 253 cm³/mol. The zero-order valence-corrected chi connectivity index (χ0v) is 39.2. The molecule has 0 unspecified atom stereocenters. The van der Waals surface area contributed by atoms with E-state index in [-0.39, 0.29) is 77.4 Å². The first-order chi connectivity index (χ1) is 32.9. The van der Waals surface area contributed by atoms with Crippen molar-refractivity contribution in [3.8, 4) is 0 Å². The van der Waals surface area contributed by atoms with Gasteiger partial charge in [0, 0.05) is 81.6 Å². The highest BCUT2D eigenvalue weighted by atomic mass is 32.2. The summed E-state index contributed by atoms with van der Waals surface area (Å²) >= 11 is 0. The van der Waals surface area contributed by atoms with Crippen LogP contribution in [0.1, 0.15) is 29.5 Å². The maximum absolute atomic E-state index is 14.8. The number of nitro benzene ring substituents is 3. The number of sulfonamides is 3. The molecule has 360 valence electrons. The Hall–Kier alpha value is -6.79. The van der Waals surface area contributed by atoms with E-state index in [4.69, 9.17) is 4.74 Å². The van der Waals surface area contributed by atoms with Crippen LogP contribution in [0, 0.1) is 36.3 Å². The van der Waals surface area contributed by atoms with E-state index in [2.05, 4.69) is 0 Å². The molecule has 0 aromatic heterocycles. The van der Waals surface area contributed by atoms with Crippen LogP contribution in [-0.2, 0) is 40.4 Å². The van der Waals surface area contributed by atoms with Crippen LogP contribution in [-0.4, -0.2) is 98.8 Å². The summed E-state index contributed by atoms with van der Waals surface area (Å²) in [6.45, 7) is -2.29. The lowest BCUT2D eigenvalue weighted by Gasteiger charge is -2.39. The molecular weight excluding hydrogens is 953 g/mol. The van der Waals surface area contributed by atoms with Crippen LogP contribution >= 0.6 is 0 Å². The molecule has 6 aromatic rings. The second kappa shape index (κ2) is 21.2. The van der Waals surface area contributed by atoms with Gasteiger partial charge in [0.2, 0.25) is 30.1 Å². The number of non-ortho nitro benzene ring substituents is 3. The minimum absolute atomic E-state index is 0.0845. The molecule has 0 radical (unpaired) electrons. The van der Waals surface area contributed by atoms with Crippen molar-refractivity contribution in [2.24, 2.45) is 5.92 Å². The van der Waals surface area contributed by atoms with E-state index in [1.165, 1.54) is 0 Å². The van der Waals surface area contributed by atoms with Gasteiger partial charge in [-0.1, -0.05) is 91.0 Å². The number of hydrogen-bond acceptors (Lipinski definition) is 13. The smallest absolute Gasteiger partial charge is 0.269 e. The maximum Gasteiger partial charge on any atom is 0.269 e. The summed E-state index contributed by atoms with van der Waals surface area (Å²) in [7, 11) is -13.6. The summed E-state index contributed by atoms with van der Waals surface area (Å²) in [5, 5.41) is 34.5. The van der Waals surface area contributed by atoms with Gasteiger partial charge in [0.15, 0.2) is 0 Å². The molecule has 7 rings (SSSR count). The summed E-state index contributed by atoms with van der Waals surface area (Å²) in [6, 6.07) is 40.6. The second-order valence-electron chi connectivity index (χ2n) is 16.0. The van der Waals surface area contributed by atoms with Gasteiger partial charge in [0.1, 0.15) is 5.60 Å². The molecule has 0 aliphatic carbocycles. The average Bonchev–Trinajstić information content (AvgIpc) is 3.35. The fraction of sp³-hybridized carbons (Fsp3) is 0.234. The Morgan fingerprint density at radius 2 is 0.710 bits per heavy atom. The van der Waals surface area contributed by atoms with Crippen LogP contribution in [0.4, 0.5) is 17.1 Å². The largest absolute Gasteiger partial charge is 0.360 e. The molecule has 1 fully saturated rings. The number of rotatable bonds is 15. The SMILES string of the molecule is O=[N+]([O-])c1ccc(S(=O)(=O)N2CCCN(S(=O)(=O)c3ccc([N+](=O)[O-])cc3)CC(COC(c3ccccc3)(c3ccccc3)c3ccccc3)CN(S(=O)(=O)c3ccc([N+](=O)[O-])cc3)CCC2)cc1. The summed E-state index contributed by atoms with van der Waals surface area (Å²) < 4.78 is 98.0. The Morgan fingerprint density at radius 3 is 1.00 bits per heavy atom. The molecule has 0 saturated carbocycles. The van der Waals surface area contributed by atoms with Crippen molar-refractivity contribution in [3.05, 3.63) is 211 Å². The lowest BCUT2D eigenvalue weighted by atomic mass is 9.80. The van der Waals surface area contributed by atoms with Crippen molar-refractivity contribution in [1.29, 1.82) is 0 Å². The predicted octanol–water partition coefficient (Wildman–Crippen LogP) is 7.20. The van der Waals surface area contributed by atoms with Crippen molar-refractivity contribution in [2.75, 3.05) is 45.9 Å². The fourth-order valence-corrected chi connectivity index (χ4v) is 12.9. The van der Waals surface area contributed by atoms with Crippen LogP contribution < -0.4 is 0 Å². The van der Waals surface area contributed by atoms with Crippen LogP contribution in [0.25, 0.3) is 0 Å². The lowest BCUT2D eigenvalue weighted by Crippen LogP contribution is -2.47. The molecule has 6 aromatic carbocycles. The molecule has 0 atom stereocenters. The van der Waals surface area contributed by atoms with Crippen molar-refractivity contribution in [1.82, 2.24) is 12.9 Å². The molecule has 19 nitrogen and oxygen atoms in total. The first kappa shape index (κ1) is 50.1. The first-order valence-corrected chi connectivity index (χ1v) is 25.8. The Labute approximate surface area is 398 Å². The normalized spacial score (nSPS) is 15.7. The van der Waals surface area contributed by atoms with Crippen LogP contribution in [0.5, 0.6) is 0 Å². The number of benzene rings is 6. The molecule has 1 aliphatic heterocycles. The van der Waals surface area contributed by atoms with Crippen molar-refractivity contribution in [3.63, 3.8) is 0 Å². The highest BCUT2D eigenvalue weighted by Gasteiger charge is 2.40. The zero-order valence-electron chi connectivity index (χ0n) is 36.7. The molecule has 1 heterocycles. The van der Waals surface area contributed by atoms with Crippen LogP contribution in [0.3, 0.4) is 0 Å². The van der Waals surface area contributed by atoms with Gasteiger partial charge in [-0.05, 0) is 65.9 Å². The quantitative estimate of drug-likeness (QED) is 0.0561. The summed E-state index contributed by atoms with van der Waals surface area (Å²) in [5.41, 5.74) is -0.320. The molecular formula is C47H46N6O13S3. The van der Waals surface area contributed by atoms with E-state index >= 15 is 0 Å². The molecule has 1 aliphatic rings. The highest BCUT2D eigenvalue weighted by molar-refractivity contribution is 7.89.